The highest BCUT2D eigenvalue weighted by molar-refractivity contribution is 6.22. The fourth-order valence-corrected chi connectivity index (χ4v) is 5.19. The molecular weight excluding hydrogens is 472 g/mol. The number of ether oxygens (including phenoxy) is 1. The Morgan fingerprint density at radius 3 is 2.43 bits per heavy atom. The number of Topliss-reactive ketones (excluding diaryl/α,β-unsaturated/α-hetero) is 1. The second kappa shape index (κ2) is 11.6. The van der Waals surface area contributed by atoms with Gasteiger partial charge in [0.1, 0.15) is 11.5 Å². The average molecular weight is 511 g/mol. The number of aliphatic imine (C=N–C) groups is 1. The van der Waals surface area contributed by atoms with Crippen molar-refractivity contribution in [1.82, 2.24) is 9.80 Å². The number of carbonyl (C=O) groups excluding carboxylic acids is 3. The van der Waals surface area contributed by atoms with Crippen LogP contribution >= 0.6 is 0 Å². The van der Waals surface area contributed by atoms with Gasteiger partial charge in [-0.25, -0.2) is 4.90 Å². The summed E-state index contributed by atoms with van der Waals surface area (Å²) in [7, 11) is 0. The third-order valence-electron chi connectivity index (χ3n) is 7.20. The van der Waals surface area contributed by atoms with E-state index in [2.05, 4.69) is 14.8 Å². The Labute approximate surface area is 218 Å². The molecule has 0 spiro atoms. The molecule has 2 aliphatic heterocycles. The molecule has 2 heterocycles. The number of amides is 2. The summed E-state index contributed by atoms with van der Waals surface area (Å²) in [6, 6.07) is 6.68. The van der Waals surface area contributed by atoms with Crippen LogP contribution in [0.15, 0.2) is 40.6 Å². The summed E-state index contributed by atoms with van der Waals surface area (Å²) < 4.78 is 5.60. The van der Waals surface area contributed by atoms with Gasteiger partial charge in [0, 0.05) is 51.8 Å². The van der Waals surface area contributed by atoms with Gasteiger partial charge in [0.2, 0.25) is 5.91 Å². The van der Waals surface area contributed by atoms with Gasteiger partial charge in [-0.15, -0.1) is 0 Å². The number of aliphatic hydroxyl groups excluding tert-OH is 1. The van der Waals surface area contributed by atoms with Crippen molar-refractivity contribution in [2.24, 2.45) is 10.4 Å². The van der Waals surface area contributed by atoms with Crippen LogP contribution in [0.5, 0.6) is 5.75 Å². The van der Waals surface area contributed by atoms with E-state index in [-0.39, 0.29) is 35.2 Å². The lowest BCUT2D eigenvalue weighted by atomic mass is 9.77. The Hall–Kier alpha value is -3.04. The van der Waals surface area contributed by atoms with Crippen LogP contribution in [0.2, 0.25) is 0 Å². The monoisotopic (exact) mass is 510 g/mol. The second-order valence-corrected chi connectivity index (χ2v) is 10.8. The molecule has 1 atom stereocenters. The molecule has 200 valence electrons. The van der Waals surface area contributed by atoms with Gasteiger partial charge in [0.15, 0.2) is 5.78 Å². The predicted octanol–water partition coefficient (Wildman–Crippen LogP) is 3.00. The molecule has 1 N–H and O–H groups in total. The number of benzene rings is 1. The quantitative estimate of drug-likeness (QED) is 0.402. The Bertz CT molecular complexity index is 1070. The number of rotatable bonds is 9. The van der Waals surface area contributed by atoms with E-state index in [1.807, 2.05) is 20.8 Å². The molecule has 0 saturated carbocycles. The number of ketones is 1. The van der Waals surface area contributed by atoms with Crippen molar-refractivity contribution in [3.05, 3.63) is 35.6 Å². The number of anilines is 1. The Kier molecular flexibility index (Phi) is 8.44. The predicted molar refractivity (Wildman–Crippen MR) is 142 cm³/mol. The fraction of sp³-hybridized carbons (Fsp3) is 0.571. The molecule has 1 aliphatic carbocycles. The molecule has 0 aromatic heterocycles. The number of nitrogens with zero attached hydrogens (tertiary/aromatic N) is 4. The van der Waals surface area contributed by atoms with E-state index in [4.69, 9.17) is 4.74 Å². The molecule has 1 aromatic rings. The second-order valence-electron chi connectivity index (χ2n) is 10.8. The molecule has 2 fully saturated rings. The topological polar surface area (TPSA) is 103 Å². The standard InChI is InChI=1S/C28H38N4O5/c1-4-15-37-21-7-5-20(6-8-21)32-26(35)16-23(27(32)36)31-13-11-30(12-14-31)10-9-29-19-22-24(33)17-28(2,3)18-25(22)34/h5-8,19,23,33H,4,9-18H2,1-3H3/t23-/m0/s1. The highest BCUT2D eigenvalue weighted by atomic mass is 16.5. The van der Waals surface area contributed by atoms with Gasteiger partial charge < -0.3 is 9.84 Å². The lowest BCUT2D eigenvalue weighted by molar-refractivity contribution is -0.123. The SMILES string of the molecule is CCCOc1ccc(N2C(=O)C[C@H](N3CCN(CCN=CC4=C(O)CC(C)(C)CC4=O)CC3)C2=O)cc1. The number of piperazine rings is 1. The van der Waals surface area contributed by atoms with Crippen LogP contribution in [0.1, 0.15) is 46.5 Å². The zero-order chi connectivity index (χ0) is 26.6. The number of hydrogen-bond acceptors (Lipinski definition) is 8. The first kappa shape index (κ1) is 27.0. The van der Waals surface area contributed by atoms with Crippen molar-refractivity contribution in [2.75, 3.05) is 50.8 Å². The Balaban J connectivity index is 1.25. The van der Waals surface area contributed by atoms with Gasteiger partial charge in [-0.05, 0) is 36.1 Å². The molecule has 9 nitrogen and oxygen atoms in total. The maximum Gasteiger partial charge on any atom is 0.251 e. The van der Waals surface area contributed by atoms with E-state index in [9.17, 15) is 19.5 Å². The van der Waals surface area contributed by atoms with Crippen LogP contribution in [-0.2, 0) is 14.4 Å². The maximum atomic E-state index is 13.2. The lowest BCUT2D eigenvalue weighted by Crippen LogP contribution is -2.52. The van der Waals surface area contributed by atoms with Crippen molar-refractivity contribution >= 4 is 29.5 Å². The zero-order valence-corrected chi connectivity index (χ0v) is 22.1. The van der Waals surface area contributed by atoms with Gasteiger partial charge in [0.25, 0.3) is 5.91 Å². The minimum Gasteiger partial charge on any atom is -0.511 e. The summed E-state index contributed by atoms with van der Waals surface area (Å²) >= 11 is 0. The molecule has 37 heavy (non-hydrogen) atoms. The number of aliphatic hydroxyl groups is 1. The van der Waals surface area contributed by atoms with E-state index in [1.165, 1.54) is 11.1 Å². The van der Waals surface area contributed by atoms with Crippen LogP contribution in [0.3, 0.4) is 0 Å². The summed E-state index contributed by atoms with van der Waals surface area (Å²) in [6.45, 7) is 10.8. The third kappa shape index (κ3) is 6.45. The number of hydrogen-bond donors (Lipinski definition) is 1. The van der Waals surface area contributed by atoms with Crippen molar-refractivity contribution < 1.29 is 24.2 Å². The van der Waals surface area contributed by atoms with Crippen molar-refractivity contribution in [1.29, 1.82) is 0 Å². The van der Waals surface area contributed by atoms with E-state index in [0.717, 1.165) is 31.8 Å². The van der Waals surface area contributed by atoms with Crippen LogP contribution in [0.25, 0.3) is 0 Å². The van der Waals surface area contributed by atoms with Crippen LogP contribution < -0.4 is 9.64 Å². The molecule has 0 radical (unpaired) electrons. The van der Waals surface area contributed by atoms with Gasteiger partial charge in [-0.1, -0.05) is 20.8 Å². The summed E-state index contributed by atoms with van der Waals surface area (Å²) in [4.78, 5) is 48.2. The number of allylic oxidation sites excluding steroid dienone is 2. The number of carbonyl (C=O) groups is 3. The minimum atomic E-state index is -0.430. The zero-order valence-electron chi connectivity index (χ0n) is 22.1. The molecular formula is C28H38N4O5. The molecule has 1 aromatic carbocycles. The van der Waals surface area contributed by atoms with E-state index >= 15 is 0 Å². The van der Waals surface area contributed by atoms with E-state index < -0.39 is 6.04 Å². The average Bonchev–Trinajstić information content (AvgIpc) is 3.15. The summed E-state index contributed by atoms with van der Waals surface area (Å²) in [5.41, 5.74) is 0.703. The summed E-state index contributed by atoms with van der Waals surface area (Å²) in [5.74, 6) is 0.455. The first-order valence-corrected chi connectivity index (χ1v) is 13.2. The third-order valence-corrected chi connectivity index (χ3v) is 7.20. The first-order valence-electron chi connectivity index (χ1n) is 13.2. The van der Waals surface area contributed by atoms with Crippen LogP contribution in [0, 0.1) is 5.41 Å². The van der Waals surface area contributed by atoms with E-state index in [0.29, 0.717) is 50.3 Å². The summed E-state index contributed by atoms with van der Waals surface area (Å²) in [6.07, 6.45) is 3.53. The highest BCUT2D eigenvalue weighted by Crippen LogP contribution is 2.35. The largest absolute Gasteiger partial charge is 0.511 e. The van der Waals surface area contributed by atoms with E-state index in [1.54, 1.807) is 24.3 Å². The van der Waals surface area contributed by atoms with Gasteiger partial charge in [-0.2, -0.15) is 0 Å². The van der Waals surface area contributed by atoms with Crippen LogP contribution in [0.4, 0.5) is 5.69 Å². The highest BCUT2D eigenvalue weighted by Gasteiger charge is 2.43. The first-order chi connectivity index (χ1) is 17.7. The fourth-order valence-electron chi connectivity index (χ4n) is 5.19. The molecule has 4 rings (SSSR count). The Morgan fingerprint density at radius 1 is 1.08 bits per heavy atom. The molecule has 2 amide bonds. The minimum absolute atomic E-state index is 0.0586. The van der Waals surface area contributed by atoms with Gasteiger partial charge in [0.05, 0.1) is 36.9 Å². The maximum absolute atomic E-state index is 13.2. The van der Waals surface area contributed by atoms with Gasteiger partial charge in [-0.3, -0.25) is 29.2 Å². The summed E-state index contributed by atoms with van der Waals surface area (Å²) in [5, 5.41) is 10.2. The Morgan fingerprint density at radius 2 is 1.78 bits per heavy atom. The van der Waals surface area contributed by atoms with Gasteiger partial charge >= 0.3 is 0 Å². The van der Waals surface area contributed by atoms with Crippen molar-refractivity contribution in [3.63, 3.8) is 0 Å². The molecule has 0 bridgehead atoms. The molecule has 2 saturated heterocycles. The van der Waals surface area contributed by atoms with Crippen molar-refractivity contribution in [3.8, 4) is 5.75 Å². The molecule has 3 aliphatic rings. The molecule has 0 unspecified atom stereocenters. The number of imide groups is 1. The lowest BCUT2D eigenvalue weighted by Gasteiger charge is -2.36. The normalized spacial score (nSPS) is 23.5. The van der Waals surface area contributed by atoms with Crippen molar-refractivity contribution in [2.45, 2.75) is 52.5 Å². The molecule has 9 heteroatoms. The smallest absolute Gasteiger partial charge is 0.251 e. The van der Waals surface area contributed by atoms with Crippen LogP contribution in [-0.4, -0.2) is 90.6 Å².